The third kappa shape index (κ3) is 5.01. The van der Waals surface area contributed by atoms with Crippen LogP contribution in [0.15, 0.2) is 41.2 Å². The van der Waals surface area contributed by atoms with Gasteiger partial charge in [0.15, 0.2) is 0 Å². The number of carbonyl (C=O) groups excluding carboxylic acids is 2. The number of aromatic nitrogens is 2. The van der Waals surface area contributed by atoms with Gasteiger partial charge in [0.1, 0.15) is 6.54 Å². The molecule has 8 heteroatoms. The number of benzene rings is 1. The average Bonchev–Trinajstić information content (AvgIpc) is 2.75. The van der Waals surface area contributed by atoms with E-state index in [-0.39, 0.29) is 24.1 Å². The fourth-order valence-electron chi connectivity index (χ4n) is 3.21. The number of amides is 2. The number of piperazine rings is 1. The van der Waals surface area contributed by atoms with E-state index in [1.54, 1.807) is 22.8 Å². The van der Waals surface area contributed by atoms with Crippen LogP contribution in [0.1, 0.15) is 19.4 Å². The molecule has 0 aliphatic carbocycles. The van der Waals surface area contributed by atoms with Gasteiger partial charge in [0.2, 0.25) is 5.91 Å². The smallest absolute Gasteiger partial charge is 0.409 e. The molecule has 0 unspecified atom stereocenters. The summed E-state index contributed by atoms with van der Waals surface area (Å²) in [4.78, 5) is 39.8. The van der Waals surface area contributed by atoms with Gasteiger partial charge in [0, 0.05) is 37.8 Å². The minimum absolute atomic E-state index is 0.126. The van der Waals surface area contributed by atoms with E-state index in [9.17, 15) is 14.4 Å². The van der Waals surface area contributed by atoms with E-state index in [1.807, 2.05) is 24.3 Å². The Hall–Kier alpha value is -3.16. The zero-order valence-electron chi connectivity index (χ0n) is 16.8. The van der Waals surface area contributed by atoms with Crippen LogP contribution in [0.3, 0.4) is 0 Å². The summed E-state index contributed by atoms with van der Waals surface area (Å²) in [6, 6.07) is 11.1. The number of nitrogens with zero attached hydrogens (tertiary/aromatic N) is 4. The SMILES string of the molecule is CCOC(=O)N1CCN(C(=O)Cn2nc(-c3ccc(CC)cc3)ccc2=O)CC1. The van der Waals surface area contributed by atoms with Crippen LogP contribution in [0, 0.1) is 0 Å². The van der Waals surface area contributed by atoms with Crippen molar-refractivity contribution in [3.8, 4) is 11.3 Å². The lowest BCUT2D eigenvalue weighted by molar-refractivity contribution is -0.133. The molecule has 1 fully saturated rings. The maximum absolute atomic E-state index is 12.6. The molecule has 3 rings (SSSR count). The van der Waals surface area contributed by atoms with Crippen molar-refractivity contribution in [2.45, 2.75) is 26.8 Å². The summed E-state index contributed by atoms with van der Waals surface area (Å²) >= 11 is 0. The number of aryl methyl sites for hydroxylation is 1. The first-order valence-corrected chi connectivity index (χ1v) is 9.88. The molecular formula is C21H26N4O4. The highest BCUT2D eigenvalue weighted by molar-refractivity contribution is 5.76. The molecule has 29 heavy (non-hydrogen) atoms. The van der Waals surface area contributed by atoms with E-state index in [2.05, 4.69) is 12.0 Å². The highest BCUT2D eigenvalue weighted by atomic mass is 16.6. The van der Waals surface area contributed by atoms with Gasteiger partial charge in [-0.15, -0.1) is 0 Å². The average molecular weight is 398 g/mol. The van der Waals surface area contributed by atoms with Crippen LogP contribution >= 0.6 is 0 Å². The Morgan fingerprint density at radius 3 is 2.24 bits per heavy atom. The number of hydrogen-bond donors (Lipinski definition) is 0. The van der Waals surface area contributed by atoms with Crippen molar-refractivity contribution in [2.75, 3.05) is 32.8 Å². The normalized spacial score (nSPS) is 14.0. The van der Waals surface area contributed by atoms with Crippen molar-refractivity contribution in [3.63, 3.8) is 0 Å². The van der Waals surface area contributed by atoms with Crippen molar-refractivity contribution in [3.05, 3.63) is 52.3 Å². The molecule has 0 radical (unpaired) electrons. The number of carbonyl (C=O) groups is 2. The van der Waals surface area contributed by atoms with Gasteiger partial charge in [0.05, 0.1) is 12.3 Å². The Balaban J connectivity index is 1.66. The standard InChI is InChI=1S/C21H26N4O4/c1-3-16-5-7-17(8-6-16)18-9-10-19(26)25(22-18)15-20(27)23-11-13-24(14-12-23)21(28)29-4-2/h5-10H,3-4,11-15H2,1-2H3. The van der Waals surface area contributed by atoms with Gasteiger partial charge in [-0.3, -0.25) is 9.59 Å². The van der Waals surface area contributed by atoms with Crippen LogP contribution in [0.4, 0.5) is 4.79 Å². The second kappa shape index (κ2) is 9.36. The maximum Gasteiger partial charge on any atom is 0.409 e. The molecule has 2 amide bonds. The lowest BCUT2D eigenvalue weighted by Gasteiger charge is -2.34. The van der Waals surface area contributed by atoms with Crippen molar-refractivity contribution in [2.24, 2.45) is 0 Å². The molecule has 1 aromatic heterocycles. The second-order valence-corrected chi connectivity index (χ2v) is 6.83. The van der Waals surface area contributed by atoms with E-state index >= 15 is 0 Å². The Kier molecular flexibility index (Phi) is 6.64. The highest BCUT2D eigenvalue weighted by Gasteiger charge is 2.25. The summed E-state index contributed by atoms with van der Waals surface area (Å²) in [6.07, 6.45) is 0.588. The quantitative estimate of drug-likeness (QED) is 0.766. The molecule has 0 saturated carbocycles. The van der Waals surface area contributed by atoms with Crippen molar-refractivity contribution >= 4 is 12.0 Å². The van der Waals surface area contributed by atoms with Crippen LogP contribution in [-0.4, -0.2) is 64.4 Å². The molecular weight excluding hydrogens is 372 g/mol. The molecule has 1 saturated heterocycles. The fraction of sp³-hybridized carbons (Fsp3) is 0.429. The first kappa shape index (κ1) is 20.6. The summed E-state index contributed by atoms with van der Waals surface area (Å²) in [7, 11) is 0. The maximum atomic E-state index is 12.6. The lowest BCUT2D eigenvalue weighted by atomic mass is 10.1. The van der Waals surface area contributed by atoms with E-state index in [1.165, 1.54) is 16.3 Å². The van der Waals surface area contributed by atoms with Crippen LogP contribution in [0.5, 0.6) is 0 Å². The number of hydrogen-bond acceptors (Lipinski definition) is 5. The predicted molar refractivity (Wildman–Crippen MR) is 108 cm³/mol. The van der Waals surface area contributed by atoms with Gasteiger partial charge in [-0.2, -0.15) is 5.10 Å². The molecule has 154 valence electrons. The minimum atomic E-state index is -0.362. The third-order valence-electron chi connectivity index (χ3n) is 4.97. The summed E-state index contributed by atoms with van der Waals surface area (Å²) in [5.74, 6) is -0.193. The van der Waals surface area contributed by atoms with Crippen LogP contribution in [0.2, 0.25) is 0 Å². The van der Waals surface area contributed by atoms with Gasteiger partial charge in [-0.05, 0) is 25.0 Å². The third-order valence-corrected chi connectivity index (χ3v) is 4.97. The van der Waals surface area contributed by atoms with Gasteiger partial charge in [-0.1, -0.05) is 31.2 Å². The van der Waals surface area contributed by atoms with E-state index < -0.39 is 0 Å². The summed E-state index contributed by atoms with van der Waals surface area (Å²) < 4.78 is 6.18. The largest absolute Gasteiger partial charge is 0.450 e. The zero-order chi connectivity index (χ0) is 20.8. The monoisotopic (exact) mass is 398 g/mol. The first-order valence-electron chi connectivity index (χ1n) is 9.88. The molecule has 2 heterocycles. The van der Waals surface area contributed by atoms with E-state index in [4.69, 9.17) is 4.74 Å². The Labute approximate surface area is 169 Å². The Morgan fingerprint density at radius 1 is 0.966 bits per heavy atom. The Morgan fingerprint density at radius 2 is 1.62 bits per heavy atom. The predicted octanol–water partition coefficient (Wildman–Crippen LogP) is 1.77. The number of rotatable bonds is 5. The molecule has 0 spiro atoms. The molecule has 0 bridgehead atoms. The lowest BCUT2D eigenvalue weighted by Crippen LogP contribution is -2.51. The molecule has 1 aromatic carbocycles. The van der Waals surface area contributed by atoms with Gasteiger partial charge in [-0.25, -0.2) is 9.48 Å². The van der Waals surface area contributed by atoms with Gasteiger partial charge >= 0.3 is 6.09 Å². The Bertz CT molecular complexity index is 915. The molecule has 1 aliphatic rings. The minimum Gasteiger partial charge on any atom is -0.450 e. The van der Waals surface area contributed by atoms with Gasteiger partial charge in [0.25, 0.3) is 5.56 Å². The van der Waals surface area contributed by atoms with Crippen LogP contribution < -0.4 is 5.56 Å². The molecule has 1 aliphatic heterocycles. The van der Waals surface area contributed by atoms with Crippen LogP contribution in [-0.2, 0) is 22.5 Å². The highest BCUT2D eigenvalue weighted by Crippen LogP contribution is 2.16. The summed E-state index contributed by atoms with van der Waals surface area (Å²) in [5, 5.41) is 4.37. The molecule has 8 nitrogen and oxygen atoms in total. The molecule has 0 N–H and O–H groups in total. The topological polar surface area (TPSA) is 84.7 Å². The number of ether oxygens (including phenoxy) is 1. The molecule has 2 aromatic rings. The van der Waals surface area contributed by atoms with Gasteiger partial charge < -0.3 is 14.5 Å². The first-order chi connectivity index (χ1) is 14.0. The van der Waals surface area contributed by atoms with E-state index in [0.717, 1.165) is 12.0 Å². The zero-order valence-corrected chi connectivity index (χ0v) is 16.8. The van der Waals surface area contributed by atoms with Crippen molar-refractivity contribution in [1.82, 2.24) is 19.6 Å². The molecule has 0 atom stereocenters. The fourth-order valence-corrected chi connectivity index (χ4v) is 3.21. The van der Waals surface area contributed by atoms with Crippen LogP contribution in [0.25, 0.3) is 11.3 Å². The van der Waals surface area contributed by atoms with Crippen molar-refractivity contribution in [1.29, 1.82) is 0 Å². The summed E-state index contributed by atoms with van der Waals surface area (Å²) in [6.45, 7) is 5.69. The second-order valence-electron chi connectivity index (χ2n) is 6.83. The summed E-state index contributed by atoms with van der Waals surface area (Å²) in [5.41, 5.74) is 2.44. The van der Waals surface area contributed by atoms with Crippen molar-refractivity contribution < 1.29 is 14.3 Å². The van der Waals surface area contributed by atoms with E-state index in [0.29, 0.717) is 38.5 Å².